The minimum atomic E-state index is -0.137. The molecule has 1 saturated heterocycles. The largest absolute Gasteiger partial charge is 0.311 e. The summed E-state index contributed by atoms with van der Waals surface area (Å²) in [6, 6.07) is 6.35. The summed E-state index contributed by atoms with van der Waals surface area (Å²) in [6.07, 6.45) is 3.61. The van der Waals surface area contributed by atoms with Crippen LogP contribution >= 0.6 is 0 Å². The first-order valence-electron chi connectivity index (χ1n) is 7.86. The van der Waals surface area contributed by atoms with Gasteiger partial charge in [0.15, 0.2) is 0 Å². The van der Waals surface area contributed by atoms with Gasteiger partial charge in [0.1, 0.15) is 5.82 Å². The van der Waals surface area contributed by atoms with E-state index in [1.807, 2.05) is 13.0 Å². The van der Waals surface area contributed by atoms with E-state index < -0.39 is 0 Å². The zero-order chi connectivity index (χ0) is 14.5. The molecular formula is C17H27FN2. The van der Waals surface area contributed by atoms with E-state index in [2.05, 4.69) is 24.1 Å². The Hall–Kier alpha value is -0.930. The third-order valence-corrected chi connectivity index (χ3v) is 4.40. The fraction of sp³-hybridized carbons (Fsp3) is 0.647. The Bertz CT molecular complexity index is 433. The molecule has 0 aromatic heterocycles. The van der Waals surface area contributed by atoms with Crippen LogP contribution in [-0.2, 0) is 6.54 Å². The fourth-order valence-corrected chi connectivity index (χ4v) is 3.12. The molecule has 0 bridgehead atoms. The molecule has 2 unspecified atom stereocenters. The molecule has 1 aliphatic heterocycles. The first-order valence-corrected chi connectivity index (χ1v) is 7.86. The fourth-order valence-electron chi connectivity index (χ4n) is 3.12. The molecule has 1 aliphatic rings. The Kier molecular flexibility index (Phi) is 5.55. The van der Waals surface area contributed by atoms with Gasteiger partial charge in [0.25, 0.3) is 0 Å². The summed E-state index contributed by atoms with van der Waals surface area (Å²) in [4.78, 5) is 2.57. The summed E-state index contributed by atoms with van der Waals surface area (Å²) in [7, 11) is 0. The van der Waals surface area contributed by atoms with E-state index in [-0.39, 0.29) is 5.82 Å². The summed E-state index contributed by atoms with van der Waals surface area (Å²) in [5.74, 6) is -0.137. The van der Waals surface area contributed by atoms with Crippen LogP contribution in [0.3, 0.4) is 0 Å². The Labute approximate surface area is 122 Å². The van der Waals surface area contributed by atoms with Crippen molar-refractivity contribution >= 4 is 0 Å². The average Bonchev–Trinajstić information content (AvgIpc) is 2.43. The molecule has 0 spiro atoms. The number of piperazine rings is 1. The molecule has 1 aromatic carbocycles. The van der Waals surface area contributed by atoms with Crippen molar-refractivity contribution in [2.24, 2.45) is 0 Å². The zero-order valence-electron chi connectivity index (χ0n) is 13.0. The Morgan fingerprint density at radius 3 is 2.80 bits per heavy atom. The molecule has 2 rings (SSSR count). The van der Waals surface area contributed by atoms with Crippen molar-refractivity contribution in [3.05, 3.63) is 35.1 Å². The van der Waals surface area contributed by atoms with Crippen molar-refractivity contribution in [3.8, 4) is 0 Å². The topological polar surface area (TPSA) is 15.3 Å². The van der Waals surface area contributed by atoms with Crippen LogP contribution in [0.4, 0.5) is 4.39 Å². The van der Waals surface area contributed by atoms with Crippen LogP contribution in [0, 0.1) is 12.7 Å². The number of hydrogen-bond acceptors (Lipinski definition) is 2. The molecule has 0 radical (unpaired) electrons. The van der Waals surface area contributed by atoms with Gasteiger partial charge in [0.05, 0.1) is 0 Å². The predicted octanol–water partition coefficient (Wildman–Crippen LogP) is 3.49. The third-order valence-electron chi connectivity index (χ3n) is 4.40. The lowest BCUT2D eigenvalue weighted by molar-refractivity contribution is 0.115. The van der Waals surface area contributed by atoms with E-state index in [0.29, 0.717) is 12.1 Å². The maximum Gasteiger partial charge on any atom is 0.123 e. The first-order chi connectivity index (χ1) is 9.63. The Morgan fingerprint density at radius 1 is 1.35 bits per heavy atom. The highest BCUT2D eigenvalue weighted by molar-refractivity contribution is 5.26. The van der Waals surface area contributed by atoms with E-state index in [0.717, 1.165) is 31.6 Å². The molecule has 112 valence electrons. The molecular weight excluding hydrogens is 251 g/mol. The van der Waals surface area contributed by atoms with Gasteiger partial charge in [-0.05, 0) is 43.0 Å². The first kappa shape index (κ1) is 15.5. The number of aryl methyl sites for hydroxylation is 1. The van der Waals surface area contributed by atoms with Gasteiger partial charge in [-0.15, -0.1) is 0 Å². The third kappa shape index (κ3) is 3.80. The lowest BCUT2D eigenvalue weighted by atomic mass is 10.0. The van der Waals surface area contributed by atoms with Gasteiger partial charge in [-0.3, -0.25) is 4.90 Å². The molecule has 1 heterocycles. The highest BCUT2D eigenvalue weighted by atomic mass is 19.1. The molecule has 0 aliphatic carbocycles. The monoisotopic (exact) mass is 278 g/mol. The van der Waals surface area contributed by atoms with Crippen molar-refractivity contribution in [2.45, 2.75) is 58.7 Å². The summed E-state index contributed by atoms with van der Waals surface area (Å²) < 4.78 is 13.2. The van der Waals surface area contributed by atoms with Crippen molar-refractivity contribution in [2.75, 3.05) is 13.1 Å². The SMILES string of the molecule is CCCC1CN(Cc2ccc(F)cc2C)C(CC)CN1. The Morgan fingerprint density at radius 2 is 2.15 bits per heavy atom. The predicted molar refractivity (Wildman–Crippen MR) is 82.3 cm³/mol. The molecule has 3 heteroatoms. The second-order valence-corrected chi connectivity index (χ2v) is 5.96. The van der Waals surface area contributed by atoms with E-state index in [4.69, 9.17) is 0 Å². The van der Waals surface area contributed by atoms with Gasteiger partial charge in [-0.1, -0.05) is 26.3 Å². The minimum Gasteiger partial charge on any atom is -0.311 e. The molecule has 0 saturated carbocycles. The Balaban J connectivity index is 2.07. The average molecular weight is 278 g/mol. The van der Waals surface area contributed by atoms with Crippen LogP contribution in [0.25, 0.3) is 0 Å². The normalized spacial score (nSPS) is 24.0. The van der Waals surface area contributed by atoms with Crippen LogP contribution < -0.4 is 5.32 Å². The lowest BCUT2D eigenvalue weighted by Crippen LogP contribution is -2.55. The highest BCUT2D eigenvalue weighted by Gasteiger charge is 2.26. The maximum absolute atomic E-state index is 13.2. The standard InChI is InChI=1S/C17H27FN2/c1-4-6-16-12-20(17(5-2)10-19-16)11-14-7-8-15(18)9-13(14)3/h7-9,16-17,19H,4-6,10-12H2,1-3H3. The molecule has 2 atom stereocenters. The molecule has 1 fully saturated rings. The number of rotatable bonds is 5. The van der Waals surface area contributed by atoms with Crippen molar-refractivity contribution in [1.29, 1.82) is 0 Å². The number of nitrogens with one attached hydrogen (secondary N) is 1. The van der Waals surface area contributed by atoms with E-state index in [9.17, 15) is 4.39 Å². The van der Waals surface area contributed by atoms with Crippen LogP contribution in [-0.4, -0.2) is 30.1 Å². The van der Waals surface area contributed by atoms with Gasteiger partial charge >= 0.3 is 0 Å². The number of benzene rings is 1. The number of halogens is 1. The second-order valence-electron chi connectivity index (χ2n) is 5.96. The summed E-state index contributed by atoms with van der Waals surface area (Å²) in [6.45, 7) is 9.60. The van der Waals surface area contributed by atoms with Gasteiger partial charge in [-0.25, -0.2) is 4.39 Å². The van der Waals surface area contributed by atoms with E-state index in [1.165, 1.54) is 18.4 Å². The highest BCUT2D eigenvalue weighted by Crippen LogP contribution is 2.19. The maximum atomic E-state index is 13.2. The van der Waals surface area contributed by atoms with Gasteiger partial charge < -0.3 is 5.32 Å². The van der Waals surface area contributed by atoms with Gasteiger partial charge in [0.2, 0.25) is 0 Å². The quantitative estimate of drug-likeness (QED) is 0.887. The van der Waals surface area contributed by atoms with Crippen molar-refractivity contribution in [1.82, 2.24) is 10.2 Å². The summed E-state index contributed by atoms with van der Waals surface area (Å²) >= 11 is 0. The molecule has 1 N–H and O–H groups in total. The lowest BCUT2D eigenvalue weighted by Gasteiger charge is -2.40. The van der Waals surface area contributed by atoms with Crippen molar-refractivity contribution < 1.29 is 4.39 Å². The van der Waals surface area contributed by atoms with Crippen LogP contribution in [0.2, 0.25) is 0 Å². The van der Waals surface area contributed by atoms with Gasteiger partial charge in [0, 0.05) is 31.7 Å². The summed E-state index contributed by atoms with van der Waals surface area (Å²) in [5.41, 5.74) is 2.31. The van der Waals surface area contributed by atoms with E-state index >= 15 is 0 Å². The van der Waals surface area contributed by atoms with Gasteiger partial charge in [-0.2, -0.15) is 0 Å². The summed E-state index contributed by atoms with van der Waals surface area (Å²) in [5, 5.41) is 3.66. The molecule has 1 aromatic rings. The smallest absolute Gasteiger partial charge is 0.123 e. The zero-order valence-corrected chi connectivity index (χ0v) is 13.0. The molecule has 2 nitrogen and oxygen atoms in total. The molecule has 0 amide bonds. The number of nitrogens with zero attached hydrogens (tertiary/aromatic N) is 1. The van der Waals surface area contributed by atoms with Crippen LogP contribution in [0.1, 0.15) is 44.2 Å². The van der Waals surface area contributed by atoms with Crippen molar-refractivity contribution in [3.63, 3.8) is 0 Å². The van der Waals surface area contributed by atoms with Crippen LogP contribution in [0.5, 0.6) is 0 Å². The second kappa shape index (κ2) is 7.19. The van der Waals surface area contributed by atoms with E-state index in [1.54, 1.807) is 12.1 Å². The number of hydrogen-bond donors (Lipinski definition) is 1. The van der Waals surface area contributed by atoms with Crippen LogP contribution in [0.15, 0.2) is 18.2 Å². The minimum absolute atomic E-state index is 0.137. The molecule has 20 heavy (non-hydrogen) atoms.